The van der Waals surface area contributed by atoms with Gasteiger partial charge < -0.3 is 4.89 Å². The summed E-state index contributed by atoms with van der Waals surface area (Å²) in [4.78, 5) is 19.4. The van der Waals surface area contributed by atoms with E-state index >= 15 is 0 Å². The van der Waals surface area contributed by atoms with E-state index in [0.29, 0.717) is 0 Å². The van der Waals surface area contributed by atoms with Crippen molar-refractivity contribution < 1.29 is 14.3 Å². The van der Waals surface area contributed by atoms with E-state index in [4.69, 9.17) is 16.5 Å². The van der Waals surface area contributed by atoms with Crippen LogP contribution in [0, 0.1) is 0 Å². The van der Waals surface area contributed by atoms with Crippen molar-refractivity contribution in [2.75, 3.05) is 0 Å². The number of hydrogen-bond donors (Lipinski definition) is 1. The molecule has 0 fully saturated rings. The van der Waals surface area contributed by atoms with Gasteiger partial charge in [-0.2, -0.15) is 0 Å². The van der Waals surface area contributed by atoms with Crippen molar-refractivity contribution in [3.63, 3.8) is 0 Å². The SMILES string of the molecule is C=CP(=O)(O)C(C)CC(=O)Cl.Cl. The van der Waals surface area contributed by atoms with Crippen LogP contribution in [0.2, 0.25) is 0 Å². The molecule has 0 radical (unpaired) electrons. The van der Waals surface area contributed by atoms with Crippen molar-refractivity contribution in [2.24, 2.45) is 0 Å². The third-order valence-electron chi connectivity index (χ3n) is 1.35. The molecule has 0 aliphatic heterocycles. The van der Waals surface area contributed by atoms with Gasteiger partial charge in [-0.15, -0.1) is 12.4 Å². The maximum atomic E-state index is 11.0. The number of carbonyl (C=O) groups excluding carboxylic acids is 1. The van der Waals surface area contributed by atoms with Crippen molar-refractivity contribution in [3.8, 4) is 0 Å². The minimum absolute atomic E-state index is 0. The molecule has 12 heavy (non-hydrogen) atoms. The smallest absolute Gasteiger partial charge is 0.225 e. The minimum atomic E-state index is -3.36. The molecule has 0 rings (SSSR count). The summed E-state index contributed by atoms with van der Waals surface area (Å²) in [6.07, 6.45) is -0.0959. The Bertz CT molecular complexity index is 217. The summed E-state index contributed by atoms with van der Waals surface area (Å²) < 4.78 is 11.0. The van der Waals surface area contributed by atoms with E-state index in [9.17, 15) is 9.36 Å². The fourth-order valence-corrected chi connectivity index (χ4v) is 1.67. The molecule has 0 bridgehead atoms. The second-order valence-corrected chi connectivity index (χ2v) is 5.28. The Balaban J connectivity index is 0. The summed E-state index contributed by atoms with van der Waals surface area (Å²) in [5.41, 5.74) is -0.634. The normalized spacial score (nSPS) is 16.9. The molecule has 1 N–H and O–H groups in total. The number of carbonyl (C=O) groups is 1. The zero-order chi connectivity index (χ0) is 9.07. The Kier molecular flexibility index (Phi) is 7.05. The van der Waals surface area contributed by atoms with Gasteiger partial charge in [0.25, 0.3) is 0 Å². The highest BCUT2D eigenvalue weighted by Crippen LogP contribution is 2.48. The van der Waals surface area contributed by atoms with E-state index in [1.165, 1.54) is 6.92 Å². The van der Waals surface area contributed by atoms with Crippen LogP contribution >= 0.6 is 31.4 Å². The maximum absolute atomic E-state index is 11.0. The van der Waals surface area contributed by atoms with E-state index < -0.39 is 18.3 Å². The zero-order valence-electron chi connectivity index (χ0n) is 6.57. The molecule has 0 amide bonds. The quantitative estimate of drug-likeness (QED) is 0.598. The fourth-order valence-electron chi connectivity index (χ4n) is 0.543. The van der Waals surface area contributed by atoms with Crippen LogP contribution in [0.1, 0.15) is 13.3 Å². The zero-order valence-corrected chi connectivity index (χ0v) is 9.03. The summed E-state index contributed by atoms with van der Waals surface area (Å²) in [5.74, 6) is 0.970. The molecule has 2 unspecified atom stereocenters. The van der Waals surface area contributed by atoms with Crippen molar-refractivity contribution in [3.05, 3.63) is 12.4 Å². The van der Waals surface area contributed by atoms with Gasteiger partial charge in [-0.3, -0.25) is 9.36 Å². The van der Waals surface area contributed by atoms with Crippen LogP contribution in [0.3, 0.4) is 0 Å². The molecule has 72 valence electrons. The lowest BCUT2D eigenvalue weighted by Crippen LogP contribution is -2.05. The molecule has 2 atom stereocenters. The first-order chi connectivity index (χ1) is 4.90. The van der Waals surface area contributed by atoms with Crippen molar-refractivity contribution in [1.29, 1.82) is 0 Å². The first-order valence-corrected chi connectivity index (χ1v) is 5.22. The van der Waals surface area contributed by atoms with E-state index in [2.05, 4.69) is 6.58 Å². The van der Waals surface area contributed by atoms with Crippen LogP contribution in [0.5, 0.6) is 0 Å². The van der Waals surface area contributed by atoms with E-state index in [1.54, 1.807) is 0 Å². The maximum Gasteiger partial charge on any atom is 0.225 e. The van der Waals surface area contributed by atoms with Crippen LogP contribution < -0.4 is 0 Å². The molecule has 0 aliphatic carbocycles. The highest BCUT2D eigenvalue weighted by atomic mass is 35.5. The fraction of sp³-hybridized carbons (Fsp3) is 0.500. The van der Waals surface area contributed by atoms with Crippen LogP contribution in [0.25, 0.3) is 0 Å². The van der Waals surface area contributed by atoms with Gasteiger partial charge in [0, 0.05) is 12.1 Å². The highest BCUT2D eigenvalue weighted by molar-refractivity contribution is 7.62. The predicted molar refractivity (Wildman–Crippen MR) is 52.2 cm³/mol. The van der Waals surface area contributed by atoms with Gasteiger partial charge in [-0.05, 0) is 17.4 Å². The Labute approximate surface area is 82.7 Å². The summed E-state index contributed by atoms with van der Waals surface area (Å²) in [7, 11) is -3.36. The summed E-state index contributed by atoms with van der Waals surface area (Å²) >= 11 is 5.03. The van der Waals surface area contributed by atoms with Gasteiger partial charge >= 0.3 is 0 Å². The summed E-state index contributed by atoms with van der Waals surface area (Å²) in [6, 6.07) is 0. The predicted octanol–water partition coefficient (Wildman–Crippen LogP) is 2.37. The average molecular weight is 233 g/mol. The number of halogens is 2. The Morgan fingerprint density at radius 1 is 1.83 bits per heavy atom. The summed E-state index contributed by atoms with van der Waals surface area (Å²) in [6.45, 7) is 4.68. The van der Waals surface area contributed by atoms with Crippen LogP contribution in [0.15, 0.2) is 12.4 Å². The first kappa shape index (κ1) is 14.7. The third kappa shape index (κ3) is 4.94. The molecular weight excluding hydrogens is 222 g/mol. The molecule has 0 aliphatic rings. The standard InChI is InChI=1S/C6H10ClO3P.ClH/c1-3-11(9,10)5(2)4-6(7)8;/h3,5H,1,4H2,2H3,(H,9,10);1H. The largest absolute Gasteiger partial charge is 0.341 e. The molecule has 0 spiro atoms. The van der Waals surface area contributed by atoms with Gasteiger partial charge in [-0.1, -0.05) is 13.5 Å². The molecule has 3 nitrogen and oxygen atoms in total. The molecule has 0 saturated heterocycles. The van der Waals surface area contributed by atoms with Crippen molar-refractivity contribution >= 4 is 36.6 Å². The molecular formula is C6H11Cl2O3P. The number of rotatable bonds is 4. The Morgan fingerprint density at radius 2 is 2.25 bits per heavy atom. The van der Waals surface area contributed by atoms with E-state index in [1.807, 2.05) is 0 Å². The lowest BCUT2D eigenvalue weighted by Gasteiger charge is -2.12. The van der Waals surface area contributed by atoms with Crippen molar-refractivity contribution in [1.82, 2.24) is 0 Å². The highest BCUT2D eigenvalue weighted by Gasteiger charge is 2.24. The summed E-state index contributed by atoms with van der Waals surface area (Å²) in [5, 5.41) is -0.603. The van der Waals surface area contributed by atoms with Gasteiger partial charge in [0.1, 0.15) is 0 Å². The van der Waals surface area contributed by atoms with Crippen LogP contribution in [0.4, 0.5) is 0 Å². The molecule has 0 saturated carbocycles. The van der Waals surface area contributed by atoms with Crippen LogP contribution in [-0.2, 0) is 9.36 Å². The average Bonchev–Trinajstić information content (AvgIpc) is 1.86. The third-order valence-corrected chi connectivity index (χ3v) is 3.47. The topological polar surface area (TPSA) is 54.4 Å². The van der Waals surface area contributed by atoms with Gasteiger partial charge in [0.15, 0.2) is 0 Å². The van der Waals surface area contributed by atoms with Gasteiger partial charge in [0.2, 0.25) is 12.6 Å². The van der Waals surface area contributed by atoms with Crippen LogP contribution in [-0.4, -0.2) is 15.8 Å². The second kappa shape index (κ2) is 5.76. The molecule has 0 aromatic carbocycles. The molecule has 0 heterocycles. The molecule has 0 aromatic rings. The second-order valence-electron chi connectivity index (χ2n) is 2.26. The minimum Gasteiger partial charge on any atom is -0.341 e. The monoisotopic (exact) mass is 232 g/mol. The molecule has 0 aromatic heterocycles. The lowest BCUT2D eigenvalue weighted by atomic mass is 10.4. The van der Waals surface area contributed by atoms with E-state index in [0.717, 1.165) is 5.82 Å². The number of hydrogen-bond acceptors (Lipinski definition) is 2. The first-order valence-electron chi connectivity index (χ1n) is 3.04. The van der Waals surface area contributed by atoms with Gasteiger partial charge in [-0.25, -0.2) is 0 Å². The lowest BCUT2D eigenvalue weighted by molar-refractivity contribution is -0.111. The van der Waals surface area contributed by atoms with Crippen molar-refractivity contribution in [2.45, 2.75) is 19.0 Å². The van der Waals surface area contributed by atoms with E-state index in [-0.39, 0.29) is 18.8 Å². The molecule has 6 heteroatoms. The Morgan fingerprint density at radius 3 is 2.50 bits per heavy atom. The Hall–Kier alpha value is 0.180. The van der Waals surface area contributed by atoms with Gasteiger partial charge in [0.05, 0.1) is 0 Å².